The van der Waals surface area contributed by atoms with Crippen LogP contribution in [0, 0.1) is 5.82 Å². The van der Waals surface area contributed by atoms with Gasteiger partial charge in [0.05, 0.1) is 0 Å². The summed E-state index contributed by atoms with van der Waals surface area (Å²) in [5.41, 5.74) is 1.19. The fraction of sp³-hybridized carbons (Fsp3) is 0.235. The van der Waals surface area contributed by atoms with E-state index in [1.807, 2.05) is 29.2 Å². The zero-order valence-corrected chi connectivity index (χ0v) is 12.7. The molecule has 0 spiro atoms. The molecule has 0 saturated heterocycles. The first-order chi connectivity index (χ1) is 10.2. The zero-order valence-electron chi connectivity index (χ0n) is 11.9. The summed E-state index contributed by atoms with van der Waals surface area (Å²) in [5.74, 6) is 0.532. The van der Waals surface area contributed by atoms with Crippen molar-refractivity contribution in [3.8, 4) is 0 Å². The topological polar surface area (TPSA) is 35.8 Å². The minimum absolute atomic E-state index is 0. The second-order valence-corrected chi connectivity index (χ2v) is 5.44. The number of hydrogen-bond donors (Lipinski definition) is 1. The second kappa shape index (κ2) is 5.38. The maximum atomic E-state index is 13.2. The van der Waals surface area contributed by atoms with E-state index < -0.39 is 5.72 Å². The second-order valence-electron chi connectivity index (χ2n) is 5.44. The number of rotatable bonds is 1. The molecule has 2 aliphatic rings. The Labute approximate surface area is 134 Å². The van der Waals surface area contributed by atoms with E-state index in [9.17, 15) is 9.50 Å². The van der Waals surface area contributed by atoms with Crippen molar-refractivity contribution in [3.63, 3.8) is 0 Å². The van der Waals surface area contributed by atoms with Crippen molar-refractivity contribution in [2.24, 2.45) is 4.99 Å². The summed E-state index contributed by atoms with van der Waals surface area (Å²) >= 11 is 0. The van der Waals surface area contributed by atoms with Gasteiger partial charge in [-0.15, -0.1) is 12.4 Å². The minimum Gasteiger partial charge on any atom is -0.363 e. The first-order valence-electron chi connectivity index (χ1n) is 7.11. The van der Waals surface area contributed by atoms with E-state index in [4.69, 9.17) is 0 Å². The van der Waals surface area contributed by atoms with Crippen molar-refractivity contribution < 1.29 is 9.50 Å². The Bertz CT molecular complexity index is 732. The molecule has 2 aromatic rings. The van der Waals surface area contributed by atoms with E-state index >= 15 is 0 Å². The van der Waals surface area contributed by atoms with Gasteiger partial charge in [-0.1, -0.05) is 36.4 Å². The van der Waals surface area contributed by atoms with Gasteiger partial charge in [0.25, 0.3) is 0 Å². The molecule has 0 aliphatic carbocycles. The third kappa shape index (κ3) is 1.95. The smallest absolute Gasteiger partial charge is 0.193 e. The molecule has 0 radical (unpaired) electrons. The number of aliphatic hydroxyl groups is 1. The van der Waals surface area contributed by atoms with E-state index in [0.29, 0.717) is 5.56 Å². The van der Waals surface area contributed by atoms with Crippen molar-refractivity contribution in [2.75, 3.05) is 13.1 Å². The van der Waals surface area contributed by atoms with Gasteiger partial charge in [-0.25, -0.2) is 4.39 Å². The predicted octanol–water partition coefficient (Wildman–Crippen LogP) is 2.91. The fourth-order valence-corrected chi connectivity index (χ4v) is 3.27. The van der Waals surface area contributed by atoms with Crippen LogP contribution < -0.4 is 0 Å². The summed E-state index contributed by atoms with van der Waals surface area (Å²) in [4.78, 5) is 6.50. The molecule has 0 saturated carbocycles. The number of fused-ring (bicyclic) bond motifs is 3. The Hall–Kier alpha value is -1.91. The Morgan fingerprint density at radius 3 is 2.59 bits per heavy atom. The molecule has 0 bridgehead atoms. The Kier molecular flexibility index (Phi) is 3.67. The lowest BCUT2D eigenvalue weighted by atomic mass is 9.94. The quantitative estimate of drug-likeness (QED) is 0.877. The van der Waals surface area contributed by atoms with Gasteiger partial charge in [-0.05, 0) is 18.6 Å². The molecular weight excluding hydrogens is 303 g/mol. The highest BCUT2D eigenvalue weighted by atomic mass is 35.5. The number of halogens is 2. The van der Waals surface area contributed by atoms with Gasteiger partial charge in [0.2, 0.25) is 0 Å². The van der Waals surface area contributed by atoms with E-state index in [1.54, 1.807) is 12.1 Å². The zero-order chi connectivity index (χ0) is 14.4. The average molecular weight is 319 g/mol. The first-order valence-corrected chi connectivity index (χ1v) is 7.11. The number of aliphatic imine (C=N–C) groups is 1. The number of hydrogen-bond acceptors (Lipinski definition) is 3. The van der Waals surface area contributed by atoms with Crippen molar-refractivity contribution in [1.29, 1.82) is 0 Å². The highest BCUT2D eigenvalue weighted by Gasteiger charge is 2.48. The van der Waals surface area contributed by atoms with Gasteiger partial charge in [0.1, 0.15) is 11.7 Å². The normalized spacial score (nSPS) is 22.5. The van der Waals surface area contributed by atoms with Crippen LogP contribution in [-0.4, -0.2) is 28.9 Å². The summed E-state index contributed by atoms with van der Waals surface area (Å²) < 4.78 is 13.2. The average Bonchev–Trinajstić information content (AvgIpc) is 2.80. The summed E-state index contributed by atoms with van der Waals surface area (Å²) in [5, 5.41) is 11.4. The van der Waals surface area contributed by atoms with Crippen molar-refractivity contribution >= 4 is 18.2 Å². The van der Waals surface area contributed by atoms with E-state index in [0.717, 1.165) is 36.5 Å². The molecule has 0 aromatic heterocycles. The molecular formula is C17H16ClFN2O. The van der Waals surface area contributed by atoms with Gasteiger partial charge < -0.3 is 10.0 Å². The largest absolute Gasteiger partial charge is 0.363 e. The lowest BCUT2D eigenvalue weighted by molar-refractivity contribution is -0.0318. The lowest BCUT2D eigenvalue weighted by Gasteiger charge is -2.37. The standard InChI is InChI=1S/C17H15FN2O.ClH/c18-13-8-6-12(7-9-13)17(21)15-5-2-1-4-14(15)16-19-10-3-11-20(16)17;/h1-2,4-9,21H,3,10-11H2;1H. The van der Waals surface area contributed by atoms with Gasteiger partial charge in [0, 0.05) is 29.8 Å². The first kappa shape index (κ1) is 15.0. The third-order valence-electron chi connectivity index (χ3n) is 4.24. The van der Waals surface area contributed by atoms with Gasteiger partial charge >= 0.3 is 0 Å². The molecule has 0 fully saturated rings. The molecule has 1 unspecified atom stereocenters. The molecule has 2 heterocycles. The fourth-order valence-electron chi connectivity index (χ4n) is 3.27. The number of benzene rings is 2. The highest BCUT2D eigenvalue weighted by Crippen LogP contribution is 2.43. The molecule has 114 valence electrons. The summed E-state index contributed by atoms with van der Waals surface area (Å²) in [6, 6.07) is 13.8. The van der Waals surface area contributed by atoms with Gasteiger partial charge in [-0.2, -0.15) is 0 Å². The Morgan fingerprint density at radius 1 is 1.09 bits per heavy atom. The van der Waals surface area contributed by atoms with Crippen LogP contribution in [0.2, 0.25) is 0 Å². The minimum atomic E-state index is -1.26. The molecule has 5 heteroatoms. The van der Waals surface area contributed by atoms with Crippen LogP contribution in [-0.2, 0) is 5.72 Å². The van der Waals surface area contributed by atoms with Gasteiger partial charge in [-0.3, -0.25) is 4.99 Å². The summed E-state index contributed by atoms with van der Waals surface area (Å²) in [6.45, 7) is 1.51. The molecule has 22 heavy (non-hydrogen) atoms. The number of nitrogens with zero attached hydrogens (tertiary/aromatic N) is 2. The van der Waals surface area contributed by atoms with E-state index in [1.165, 1.54) is 12.1 Å². The van der Waals surface area contributed by atoms with Crippen molar-refractivity contribution in [3.05, 3.63) is 71.0 Å². The third-order valence-corrected chi connectivity index (χ3v) is 4.24. The van der Waals surface area contributed by atoms with Gasteiger partial charge in [0.15, 0.2) is 5.72 Å². The Morgan fingerprint density at radius 2 is 1.82 bits per heavy atom. The molecule has 2 aromatic carbocycles. The van der Waals surface area contributed by atoms with E-state index in [-0.39, 0.29) is 18.2 Å². The Balaban J connectivity index is 0.00000144. The summed E-state index contributed by atoms with van der Waals surface area (Å²) in [7, 11) is 0. The molecule has 3 nitrogen and oxygen atoms in total. The van der Waals surface area contributed by atoms with Crippen LogP contribution in [0.1, 0.15) is 23.1 Å². The van der Waals surface area contributed by atoms with Crippen LogP contribution in [0.15, 0.2) is 53.5 Å². The molecule has 1 N–H and O–H groups in total. The highest BCUT2D eigenvalue weighted by molar-refractivity contribution is 6.04. The number of amidine groups is 1. The molecule has 1 atom stereocenters. The van der Waals surface area contributed by atoms with Crippen LogP contribution in [0.4, 0.5) is 4.39 Å². The van der Waals surface area contributed by atoms with Crippen molar-refractivity contribution in [1.82, 2.24) is 4.90 Å². The molecule has 2 aliphatic heterocycles. The predicted molar refractivity (Wildman–Crippen MR) is 85.8 cm³/mol. The molecule has 0 amide bonds. The lowest BCUT2D eigenvalue weighted by Crippen LogP contribution is -2.47. The van der Waals surface area contributed by atoms with Crippen LogP contribution in [0.3, 0.4) is 0 Å². The molecule has 4 rings (SSSR count). The summed E-state index contributed by atoms with van der Waals surface area (Å²) in [6.07, 6.45) is 0.904. The van der Waals surface area contributed by atoms with E-state index in [2.05, 4.69) is 4.99 Å². The SMILES string of the molecule is Cl.OC1(c2ccc(F)cc2)c2ccccc2C2=NCCCN21. The van der Waals surface area contributed by atoms with Crippen LogP contribution in [0.25, 0.3) is 0 Å². The van der Waals surface area contributed by atoms with Crippen LogP contribution in [0.5, 0.6) is 0 Å². The maximum absolute atomic E-state index is 13.2. The van der Waals surface area contributed by atoms with Crippen molar-refractivity contribution in [2.45, 2.75) is 12.1 Å². The maximum Gasteiger partial charge on any atom is 0.193 e. The van der Waals surface area contributed by atoms with Crippen LogP contribution >= 0.6 is 12.4 Å². The monoisotopic (exact) mass is 318 g/mol.